The fourth-order valence-electron chi connectivity index (χ4n) is 3.71. The molecule has 1 atom stereocenters. The van der Waals surface area contributed by atoms with Crippen LogP contribution >= 0.6 is 0 Å². The lowest BCUT2D eigenvalue weighted by Crippen LogP contribution is -2.31. The second-order valence-electron chi connectivity index (χ2n) is 7.01. The van der Waals surface area contributed by atoms with Crippen LogP contribution in [0.3, 0.4) is 0 Å². The molecule has 4 rings (SSSR count). The van der Waals surface area contributed by atoms with Crippen LogP contribution in [0, 0.1) is 5.82 Å². The number of hydrogen-bond acceptors (Lipinski definition) is 6. The average Bonchev–Trinajstić information content (AvgIpc) is 3.52. The Bertz CT molecular complexity index is 1120. The zero-order valence-electron chi connectivity index (χ0n) is 16.7. The third-order valence-corrected chi connectivity index (χ3v) is 5.14. The maximum absolute atomic E-state index is 13.9. The number of aliphatic hydroxyl groups excluding tert-OH is 1. The van der Waals surface area contributed by atoms with Gasteiger partial charge in [0.05, 0.1) is 30.8 Å². The zero-order valence-corrected chi connectivity index (χ0v) is 16.7. The normalized spacial score (nSPS) is 18.0. The standard InChI is InChI=1S/C22H20FN3O5/c1-30-16-6-5-14(23)12-15(16)20(27)18-19(17-4-2-11-31-17)26(22(29)21(18)28)9-3-8-25-10-7-24-13-25/h2,4-7,10-13,19,27H,3,8-9H2,1H3/t19-/m0/s1. The molecule has 1 aromatic carbocycles. The Morgan fingerprint density at radius 2 is 2.13 bits per heavy atom. The molecule has 1 saturated heterocycles. The first-order chi connectivity index (χ1) is 15.0. The summed E-state index contributed by atoms with van der Waals surface area (Å²) in [5, 5.41) is 11.0. The Balaban J connectivity index is 1.74. The lowest BCUT2D eigenvalue weighted by molar-refractivity contribution is -0.140. The summed E-state index contributed by atoms with van der Waals surface area (Å²) in [4.78, 5) is 31.1. The van der Waals surface area contributed by atoms with Gasteiger partial charge in [0, 0.05) is 25.5 Å². The van der Waals surface area contributed by atoms with E-state index in [0.29, 0.717) is 18.7 Å². The Morgan fingerprint density at radius 1 is 1.29 bits per heavy atom. The fourth-order valence-corrected chi connectivity index (χ4v) is 3.71. The summed E-state index contributed by atoms with van der Waals surface area (Å²) < 4.78 is 26.4. The lowest BCUT2D eigenvalue weighted by atomic mass is 9.98. The molecular formula is C22H20FN3O5. The minimum absolute atomic E-state index is 0.0181. The molecular weight excluding hydrogens is 405 g/mol. The highest BCUT2D eigenvalue weighted by atomic mass is 19.1. The second-order valence-corrected chi connectivity index (χ2v) is 7.01. The van der Waals surface area contributed by atoms with E-state index in [0.717, 1.165) is 6.07 Å². The molecule has 9 heteroatoms. The Kier molecular flexibility index (Phi) is 5.57. The van der Waals surface area contributed by atoms with Crippen LogP contribution in [-0.2, 0) is 16.1 Å². The van der Waals surface area contributed by atoms with Crippen molar-refractivity contribution in [2.24, 2.45) is 0 Å². The van der Waals surface area contributed by atoms with Gasteiger partial charge in [0.2, 0.25) is 0 Å². The number of amides is 1. The summed E-state index contributed by atoms with van der Waals surface area (Å²) in [6, 6.07) is 5.88. The summed E-state index contributed by atoms with van der Waals surface area (Å²) in [6.07, 6.45) is 7.08. The summed E-state index contributed by atoms with van der Waals surface area (Å²) in [6.45, 7) is 0.830. The Morgan fingerprint density at radius 3 is 2.81 bits per heavy atom. The van der Waals surface area contributed by atoms with Crippen molar-refractivity contribution in [3.05, 3.63) is 78.0 Å². The molecule has 3 aromatic rings. The van der Waals surface area contributed by atoms with Crippen LogP contribution < -0.4 is 4.74 Å². The largest absolute Gasteiger partial charge is 0.507 e. The number of benzene rings is 1. The van der Waals surface area contributed by atoms with Crippen molar-refractivity contribution < 1.29 is 28.2 Å². The minimum Gasteiger partial charge on any atom is -0.507 e. The maximum Gasteiger partial charge on any atom is 0.295 e. The number of methoxy groups -OCH3 is 1. The molecule has 0 radical (unpaired) electrons. The number of furan rings is 1. The van der Waals surface area contributed by atoms with Crippen molar-refractivity contribution in [1.29, 1.82) is 0 Å². The van der Waals surface area contributed by atoms with Gasteiger partial charge >= 0.3 is 0 Å². The van der Waals surface area contributed by atoms with E-state index in [1.807, 2.05) is 4.57 Å². The van der Waals surface area contributed by atoms with Gasteiger partial charge in [0.1, 0.15) is 29.1 Å². The van der Waals surface area contributed by atoms with Crippen LogP contribution in [0.4, 0.5) is 4.39 Å². The first-order valence-electron chi connectivity index (χ1n) is 9.62. The number of imidazole rings is 1. The summed E-state index contributed by atoms with van der Waals surface area (Å²) in [7, 11) is 1.36. The third kappa shape index (κ3) is 3.81. The number of carbonyl (C=O) groups excluding carboxylic acids is 2. The van der Waals surface area contributed by atoms with Crippen LogP contribution in [0.1, 0.15) is 23.8 Å². The maximum atomic E-state index is 13.9. The number of likely N-dealkylation sites (tertiary alicyclic amines) is 1. The quantitative estimate of drug-likeness (QED) is 0.355. The van der Waals surface area contributed by atoms with E-state index < -0.39 is 29.3 Å². The van der Waals surface area contributed by atoms with Gasteiger partial charge in [-0.05, 0) is 36.8 Å². The van der Waals surface area contributed by atoms with E-state index in [1.165, 1.54) is 30.4 Å². The van der Waals surface area contributed by atoms with E-state index in [4.69, 9.17) is 9.15 Å². The van der Waals surface area contributed by atoms with Crippen LogP contribution in [0.25, 0.3) is 5.76 Å². The van der Waals surface area contributed by atoms with Crippen LogP contribution in [-0.4, -0.2) is 44.9 Å². The van der Waals surface area contributed by atoms with Gasteiger partial charge in [0.25, 0.3) is 11.7 Å². The van der Waals surface area contributed by atoms with Gasteiger partial charge in [-0.2, -0.15) is 0 Å². The van der Waals surface area contributed by atoms with E-state index >= 15 is 0 Å². The van der Waals surface area contributed by atoms with E-state index in [9.17, 15) is 19.1 Å². The van der Waals surface area contributed by atoms with Crippen LogP contribution in [0.2, 0.25) is 0 Å². The number of ether oxygens (including phenoxy) is 1. The Labute approximate surface area is 177 Å². The topological polar surface area (TPSA) is 97.8 Å². The van der Waals surface area contributed by atoms with Gasteiger partial charge in [0.15, 0.2) is 0 Å². The molecule has 160 valence electrons. The van der Waals surface area contributed by atoms with Crippen molar-refractivity contribution in [3.63, 3.8) is 0 Å². The molecule has 1 aliphatic heterocycles. The molecule has 1 fully saturated rings. The minimum atomic E-state index is -0.939. The molecule has 0 unspecified atom stereocenters. The van der Waals surface area contributed by atoms with Gasteiger partial charge < -0.3 is 23.7 Å². The molecule has 0 spiro atoms. The number of halogens is 1. The van der Waals surface area contributed by atoms with Crippen molar-refractivity contribution in [2.75, 3.05) is 13.7 Å². The number of rotatable bonds is 7. The first kappa shape index (κ1) is 20.4. The summed E-state index contributed by atoms with van der Waals surface area (Å²) in [5.41, 5.74) is -0.193. The van der Waals surface area contributed by atoms with Crippen LogP contribution in [0.15, 0.2) is 65.3 Å². The van der Waals surface area contributed by atoms with E-state index in [1.54, 1.807) is 30.9 Å². The van der Waals surface area contributed by atoms with E-state index in [2.05, 4.69) is 4.98 Å². The average molecular weight is 425 g/mol. The number of nitrogens with zero attached hydrogens (tertiary/aromatic N) is 3. The monoisotopic (exact) mass is 425 g/mol. The number of aliphatic hydroxyl groups is 1. The van der Waals surface area contributed by atoms with Gasteiger partial charge in [-0.25, -0.2) is 9.37 Å². The SMILES string of the molecule is COc1ccc(F)cc1C(O)=C1C(=O)C(=O)N(CCCn2ccnc2)[C@H]1c1ccco1. The molecule has 1 amide bonds. The smallest absolute Gasteiger partial charge is 0.295 e. The molecule has 3 heterocycles. The van der Waals surface area contributed by atoms with Gasteiger partial charge in [-0.1, -0.05) is 0 Å². The number of ketones is 1. The summed E-state index contributed by atoms with van der Waals surface area (Å²) >= 11 is 0. The number of aromatic nitrogens is 2. The number of carbonyl (C=O) groups is 2. The summed E-state index contributed by atoms with van der Waals surface area (Å²) in [5.74, 6) is -2.28. The van der Waals surface area contributed by atoms with E-state index in [-0.39, 0.29) is 23.4 Å². The van der Waals surface area contributed by atoms with Crippen molar-refractivity contribution in [3.8, 4) is 5.75 Å². The predicted molar refractivity (Wildman–Crippen MR) is 108 cm³/mol. The Hall–Kier alpha value is -3.88. The highest BCUT2D eigenvalue weighted by Gasteiger charge is 2.47. The zero-order chi connectivity index (χ0) is 22.0. The third-order valence-electron chi connectivity index (χ3n) is 5.14. The predicted octanol–water partition coefficient (Wildman–Crippen LogP) is 3.14. The molecule has 1 aliphatic rings. The second kappa shape index (κ2) is 8.47. The molecule has 0 aliphatic carbocycles. The lowest BCUT2D eigenvalue weighted by Gasteiger charge is -2.23. The highest BCUT2D eigenvalue weighted by molar-refractivity contribution is 6.46. The molecule has 31 heavy (non-hydrogen) atoms. The molecule has 0 saturated carbocycles. The van der Waals surface area contributed by atoms with Crippen molar-refractivity contribution in [1.82, 2.24) is 14.5 Å². The molecule has 1 N–H and O–H groups in total. The number of hydrogen-bond donors (Lipinski definition) is 1. The van der Waals surface area contributed by atoms with Crippen molar-refractivity contribution in [2.45, 2.75) is 19.0 Å². The van der Waals surface area contributed by atoms with Gasteiger partial charge in [-0.3, -0.25) is 9.59 Å². The first-order valence-corrected chi connectivity index (χ1v) is 9.62. The van der Waals surface area contributed by atoms with Crippen molar-refractivity contribution >= 4 is 17.4 Å². The van der Waals surface area contributed by atoms with Crippen LogP contribution in [0.5, 0.6) is 5.75 Å². The number of Topliss-reactive ketones (excluding diaryl/α,β-unsaturated/α-hetero) is 1. The molecule has 2 aromatic heterocycles. The highest BCUT2D eigenvalue weighted by Crippen LogP contribution is 2.41. The van der Waals surface area contributed by atoms with Gasteiger partial charge in [-0.15, -0.1) is 0 Å². The number of aryl methyl sites for hydroxylation is 1. The molecule has 8 nitrogen and oxygen atoms in total. The fraction of sp³-hybridized carbons (Fsp3) is 0.227. The molecule has 0 bridgehead atoms.